The molecular formula is C16H24N2O4S. The van der Waals surface area contributed by atoms with E-state index in [0.29, 0.717) is 13.2 Å². The topological polar surface area (TPSA) is 75.7 Å². The maximum Gasteiger partial charge on any atom is 0.317 e. The van der Waals surface area contributed by atoms with Gasteiger partial charge in [0, 0.05) is 19.6 Å². The van der Waals surface area contributed by atoms with Gasteiger partial charge in [-0.3, -0.25) is 0 Å². The van der Waals surface area contributed by atoms with Gasteiger partial charge in [-0.05, 0) is 24.1 Å². The molecule has 0 aliphatic carbocycles. The summed E-state index contributed by atoms with van der Waals surface area (Å²) in [6.45, 7) is 3.71. The Hall–Kier alpha value is -1.76. The minimum absolute atomic E-state index is 0.0428. The van der Waals surface area contributed by atoms with Crippen LogP contribution in [-0.4, -0.2) is 50.6 Å². The van der Waals surface area contributed by atoms with Gasteiger partial charge >= 0.3 is 6.03 Å². The molecule has 23 heavy (non-hydrogen) atoms. The molecule has 1 aliphatic rings. The highest BCUT2D eigenvalue weighted by molar-refractivity contribution is 7.91. The Morgan fingerprint density at radius 1 is 1.30 bits per heavy atom. The van der Waals surface area contributed by atoms with Gasteiger partial charge in [0.1, 0.15) is 5.75 Å². The largest absolute Gasteiger partial charge is 0.494 e. The van der Waals surface area contributed by atoms with Crippen LogP contribution in [0.1, 0.15) is 25.3 Å². The Kier molecular flexibility index (Phi) is 6.27. The molecule has 0 atom stereocenters. The van der Waals surface area contributed by atoms with Gasteiger partial charge in [0.2, 0.25) is 0 Å². The summed E-state index contributed by atoms with van der Waals surface area (Å²) in [6, 6.07) is 7.41. The third kappa shape index (κ3) is 5.74. The molecule has 0 spiro atoms. The van der Waals surface area contributed by atoms with E-state index in [0.717, 1.165) is 24.2 Å². The fourth-order valence-corrected chi connectivity index (χ4v) is 3.49. The lowest BCUT2D eigenvalue weighted by Crippen LogP contribution is -2.47. The summed E-state index contributed by atoms with van der Waals surface area (Å²) >= 11 is 0. The zero-order chi connectivity index (χ0) is 16.7. The molecule has 1 saturated heterocycles. The van der Waals surface area contributed by atoms with Crippen LogP contribution in [-0.2, 0) is 16.4 Å². The average molecular weight is 340 g/mol. The van der Waals surface area contributed by atoms with Crippen molar-refractivity contribution in [2.75, 3.05) is 31.2 Å². The van der Waals surface area contributed by atoms with Gasteiger partial charge < -0.3 is 15.0 Å². The smallest absolute Gasteiger partial charge is 0.317 e. The van der Waals surface area contributed by atoms with E-state index in [1.54, 1.807) is 4.90 Å². The van der Waals surface area contributed by atoms with Crippen LogP contribution in [0, 0.1) is 0 Å². The predicted octanol–water partition coefficient (Wildman–Crippen LogP) is 1.81. The maximum absolute atomic E-state index is 12.1. The lowest BCUT2D eigenvalue weighted by atomic mass is 10.2. The number of benzene rings is 1. The summed E-state index contributed by atoms with van der Waals surface area (Å²) in [5, 5.41) is 2.83. The summed E-state index contributed by atoms with van der Waals surface area (Å²) in [6.07, 6.45) is 2.10. The fourth-order valence-electron chi connectivity index (χ4n) is 2.28. The molecule has 0 saturated carbocycles. The third-order valence-electron chi connectivity index (χ3n) is 3.74. The Morgan fingerprint density at radius 2 is 2.04 bits per heavy atom. The van der Waals surface area contributed by atoms with Crippen LogP contribution in [0.3, 0.4) is 0 Å². The van der Waals surface area contributed by atoms with Gasteiger partial charge in [0.15, 0.2) is 9.84 Å². The fraction of sp³-hybridized carbons (Fsp3) is 0.562. The van der Waals surface area contributed by atoms with Crippen LogP contribution in [0.5, 0.6) is 5.75 Å². The standard InChI is InChI=1S/C16H24N2O4S/c1-2-3-9-22-15-6-4-5-14(12-15)13-17-16(19)18-7-10-23(20,21)11-8-18/h4-6,12H,2-3,7-11,13H2,1H3,(H,17,19). The van der Waals surface area contributed by atoms with Gasteiger partial charge in [-0.2, -0.15) is 0 Å². The zero-order valence-corrected chi connectivity index (χ0v) is 14.3. The molecule has 1 N–H and O–H groups in total. The van der Waals surface area contributed by atoms with Crippen molar-refractivity contribution in [2.24, 2.45) is 0 Å². The van der Waals surface area contributed by atoms with Gasteiger partial charge in [-0.1, -0.05) is 25.5 Å². The van der Waals surface area contributed by atoms with Crippen LogP contribution in [0.15, 0.2) is 24.3 Å². The number of hydrogen-bond donors (Lipinski definition) is 1. The number of sulfone groups is 1. The minimum atomic E-state index is -2.97. The third-order valence-corrected chi connectivity index (χ3v) is 5.35. The molecule has 6 nitrogen and oxygen atoms in total. The molecule has 2 amide bonds. The highest BCUT2D eigenvalue weighted by Crippen LogP contribution is 2.14. The summed E-state index contributed by atoms with van der Waals surface area (Å²) in [5.41, 5.74) is 0.956. The van der Waals surface area contributed by atoms with Gasteiger partial charge in [0.25, 0.3) is 0 Å². The van der Waals surface area contributed by atoms with Crippen molar-refractivity contribution in [3.8, 4) is 5.75 Å². The molecule has 7 heteroatoms. The first kappa shape index (κ1) is 17.6. The van der Waals surface area contributed by atoms with Crippen molar-refractivity contribution in [1.82, 2.24) is 10.2 Å². The molecule has 0 aromatic heterocycles. The number of nitrogens with zero attached hydrogens (tertiary/aromatic N) is 1. The molecule has 2 rings (SSSR count). The second-order valence-electron chi connectivity index (χ2n) is 5.65. The molecule has 1 aliphatic heterocycles. The monoisotopic (exact) mass is 340 g/mol. The first-order chi connectivity index (χ1) is 11.0. The molecule has 1 fully saturated rings. The number of unbranched alkanes of at least 4 members (excludes halogenated alkanes) is 1. The summed E-state index contributed by atoms with van der Waals surface area (Å²) in [7, 11) is -2.97. The van der Waals surface area contributed by atoms with Gasteiger partial charge in [-0.25, -0.2) is 13.2 Å². The number of carbonyl (C=O) groups is 1. The van der Waals surface area contributed by atoms with Crippen LogP contribution < -0.4 is 10.1 Å². The van der Waals surface area contributed by atoms with Crippen molar-refractivity contribution in [3.05, 3.63) is 29.8 Å². The van der Waals surface area contributed by atoms with E-state index < -0.39 is 9.84 Å². The molecule has 0 unspecified atom stereocenters. The first-order valence-electron chi connectivity index (χ1n) is 7.95. The number of amides is 2. The van der Waals surface area contributed by atoms with E-state index in [1.165, 1.54) is 0 Å². The van der Waals surface area contributed by atoms with Crippen LogP contribution >= 0.6 is 0 Å². The minimum Gasteiger partial charge on any atom is -0.494 e. The molecule has 1 aromatic carbocycles. The quantitative estimate of drug-likeness (QED) is 0.801. The van der Waals surface area contributed by atoms with Crippen molar-refractivity contribution in [3.63, 3.8) is 0 Å². The number of nitrogens with one attached hydrogen (secondary N) is 1. The van der Waals surface area contributed by atoms with E-state index in [-0.39, 0.29) is 30.6 Å². The van der Waals surface area contributed by atoms with E-state index in [9.17, 15) is 13.2 Å². The molecule has 128 valence electrons. The Bertz CT molecular complexity index is 617. The van der Waals surface area contributed by atoms with Crippen LogP contribution in [0.25, 0.3) is 0 Å². The second-order valence-corrected chi connectivity index (χ2v) is 7.95. The number of rotatable bonds is 6. The normalized spacial score (nSPS) is 16.8. The number of ether oxygens (including phenoxy) is 1. The molecular weight excluding hydrogens is 316 g/mol. The second kappa shape index (κ2) is 8.19. The van der Waals surface area contributed by atoms with Crippen molar-refractivity contribution < 1.29 is 17.9 Å². The predicted molar refractivity (Wildman–Crippen MR) is 89.3 cm³/mol. The Labute approximate surface area is 137 Å². The highest BCUT2D eigenvalue weighted by atomic mass is 32.2. The van der Waals surface area contributed by atoms with E-state index in [2.05, 4.69) is 12.2 Å². The molecule has 0 radical (unpaired) electrons. The van der Waals surface area contributed by atoms with E-state index in [4.69, 9.17) is 4.74 Å². The lowest BCUT2D eigenvalue weighted by molar-refractivity contribution is 0.201. The van der Waals surface area contributed by atoms with Crippen LogP contribution in [0.2, 0.25) is 0 Å². The SMILES string of the molecule is CCCCOc1cccc(CNC(=O)N2CCS(=O)(=O)CC2)c1. The van der Waals surface area contributed by atoms with Crippen molar-refractivity contribution in [1.29, 1.82) is 0 Å². The highest BCUT2D eigenvalue weighted by Gasteiger charge is 2.24. The lowest BCUT2D eigenvalue weighted by Gasteiger charge is -2.26. The van der Waals surface area contributed by atoms with E-state index >= 15 is 0 Å². The van der Waals surface area contributed by atoms with Gasteiger partial charge in [0.05, 0.1) is 18.1 Å². The van der Waals surface area contributed by atoms with Crippen molar-refractivity contribution >= 4 is 15.9 Å². The molecule has 1 heterocycles. The Balaban J connectivity index is 1.81. The average Bonchev–Trinajstić information content (AvgIpc) is 2.53. The maximum atomic E-state index is 12.1. The first-order valence-corrected chi connectivity index (χ1v) is 9.77. The molecule has 0 bridgehead atoms. The Morgan fingerprint density at radius 3 is 2.74 bits per heavy atom. The number of carbonyl (C=O) groups excluding carboxylic acids is 1. The zero-order valence-electron chi connectivity index (χ0n) is 13.5. The number of urea groups is 1. The molecule has 1 aromatic rings. The van der Waals surface area contributed by atoms with Gasteiger partial charge in [-0.15, -0.1) is 0 Å². The number of hydrogen-bond acceptors (Lipinski definition) is 4. The van der Waals surface area contributed by atoms with E-state index in [1.807, 2.05) is 24.3 Å². The summed E-state index contributed by atoms with van der Waals surface area (Å²) < 4.78 is 28.4. The summed E-state index contributed by atoms with van der Waals surface area (Å²) in [5.74, 6) is 0.886. The van der Waals surface area contributed by atoms with Crippen molar-refractivity contribution in [2.45, 2.75) is 26.3 Å². The van der Waals surface area contributed by atoms with Crippen LogP contribution in [0.4, 0.5) is 4.79 Å². The summed E-state index contributed by atoms with van der Waals surface area (Å²) in [4.78, 5) is 13.6.